The van der Waals surface area contributed by atoms with Gasteiger partial charge in [0, 0.05) is 24.1 Å². The molecule has 1 aliphatic heterocycles. The van der Waals surface area contributed by atoms with E-state index in [4.69, 9.17) is 5.73 Å². The molecular formula is C29H34N4O8. The number of phenols is 1. The summed E-state index contributed by atoms with van der Waals surface area (Å²) >= 11 is 0. The molecule has 5 aliphatic rings. The minimum atomic E-state index is -2.69. The molecule has 2 bridgehead atoms. The number of nitrogens with zero attached hydrogens (tertiary/aromatic N) is 2. The Kier molecular flexibility index (Phi) is 6.29. The topological polar surface area (TPSA) is 194 Å². The number of benzene rings is 1. The van der Waals surface area contributed by atoms with Crippen LogP contribution in [-0.2, 0) is 25.6 Å². The molecule has 1 saturated heterocycles. The van der Waals surface area contributed by atoms with E-state index in [1.807, 2.05) is 0 Å². The Morgan fingerprint density at radius 3 is 2.49 bits per heavy atom. The lowest BCUT2D eigenvalue weighted by atomic mass is 9.57. The number of carbonyl (C=O) groups excluding carboxylic acids is 4. The number of Topliss-reactive ketones (excluding diaryl/α,β-unsaturated/α-hetero) is 2. The van der Waals surface area contributed by atoms with Crippen LogP contribution in [0.15, 0.2) is 29.0 Å². The summed E-state index contributed by atoms with van der Waals surface area (Å²) in [4.78, 5) is 55.6. The van der Waals surface area contributed by atoms with Crippen molar-refractivity contribution in [2.24, 2.45) is 23.5 Å². The minimum absolute atomic E-state index is 0.0169. The van der Waals surface area contributed by atoms with E-state index in [9.17, 15) is 39.6 Å². The van der Waals surface area contributed by atoms with E-state index in [-0.39, 0.29) is 42.1 Å². The molecule has 7 N–H and O–H groups in total. The van der Waals surface area contributed by atoms with Crippen LogP contribution in [0.1, 0.15) is 36.8 Å². The number of rotatable bonds is 5. The number of likely N-dealkylation sites (N-methyl/N-ethyl adjacent to an activating group) is 1. The normalized spacial score (nSPS) is 32.7. The molecule has 41 heavy (non-hydrogen) atoms. The van der Waals surface area contributed by atoms with Gasteiger partial charge in [-0.15, -0.1) is 0 Å². The van der Waals surface area contributed by atoms with Crippen LogP contribution >= 0.6 is 0 Å². The van der Waals surface area contributed by atoms with Gasteiger partial charge in [0.05, 0.1) is 23.8 Å². The number of amides is 2. The van der Waals surface area contributed by atoms with Crippen molar-refractivity contribution in [2.75, 3.05) is 32.5 Å². The predicted molar refractivity (Wildman–Crippen MR) is 146 cm³/mol. The number of piperidine rings is 1. The molecule has 0 radical (unpaired) electrons. The third kappa shape index (κ3) is 3.92. The summed E-state index contributed by atoms with van der Waals surface area (Å²) in [5.41, 5.74) is 2.10. The van der Waals surface area contributed by atoms with Gasteiger partial charge in [0.2, 0.25) is 11.7 Å². The minimum Gasteiger partial charge on any atom is -0.508 e. The molecule has 2 amide bonds. The van der Waals surface area contributed by atoms with Gasteiger partial charge in [-0.1, -0.05) is 6.07 Å². The number of primary amides is 1. The summed E-state index contributed by atoms with van der Waals surface area (Å²) in [7, 11) is 3.10. The van der Waals surface area contributed by atoms with E-state index < -0.39 is 63.8 Å². The Morgan fingerprint density at radius 2 is 1.88 bits per heavy atom. The fraction of sp³-hybridized carbons (Fsp3) is 0.517. The van der Waals surface area contributed by atoms with Gasteiger partial charge in [0.1, 0.15) is 22.8 Å². The standard InChI is InChI=1S/C29H34N4O8/c1-32(2)22-16-9-14-8-13-4-6-17(31-18(34)11-33-10-12-3-5-15(33)7-12)23(35)19(13)24(36)20(14)26(38)29(16,41)27(39)21(25(22)37)28(30)40/h4,6,12,14-16,22,35-36,39,41H,3,5,7-11H2,1-2H3,(H2,30,40)(H,31,34)/t12?,14?,15?,16?,22-,29-/m1/s1. The van der Waals surface area contributed by atoms with Crippen molar-refractivity contribution in [3.8, 4) is 5.75 Å². The number of ketones is 2. The first-order valence-electron chi connectivity index (χ1n) is 13.9. The van der Waals surface area contributed by atoms with Gasteiger partial charge in [-0.2, -0.15) is 0 Å². The van der Waals surface area contributed by atoms with Crippen LogP contribution in [0.25, 0.3) is 5.76 Å². The number of nitrogens with one attached hydrogen (secondary N) is 1. The molecular weight excluding hydrogens is 532 g/mol. The largest absolute Gasteiger partial charge is 0.508 e. The van der Waals surface area contributed by atoms with E-state index in [1.165, 1.54) is 11.3 Å². The smallest absolute Gasteiger partial charge is 0.255 e. The molecule has 218 valence electrons. The molecule has 0 aromatic heterocycles. The third-order valence-corrected chi connectivity index (χ3v) is 9.74. The summed E-state index contributed by atoms with van der Waals surface area (Å²) in [6.07, 6.45) is 3.55. The summed E-state index contributed by atoms with van der Waals surface area (Å²) in [5, 5.41) is 47.8. The number of nitrogens with two attached hydrogens (primary N) is 1. The molecule has 0 spiro atoms. The maximum absolute atomic E-state index is 13.9. The number of aliphatic hydroxyl groups is 3. The van der Waals surface area contributed by atoms with Crippen molar-refractivity contribution in [2.45, 2.75) is 49.8 Å². The van der Waals surface area contributed by atoms with Crippen LogP contribution in [0.4, 0.5) is 5.69 Å². The average Bonchev–Trinajstić information content (AvgIpc) is 3.51. The third-order valence-electron chi connectivity index (χ3n) is 9.74. The second-order valence-corrected chi connectivity index (χ2v) is 12.3. The Hall–Kier alpha value is -3.74. The highest BCUT2D eigenvalue weighted by atomic mass is 16.3. The summed E-state index contributed by atoms with van der Waals surface area (Å²) in [6, 6.07) is 2.45. The zero-order chi connectivity index (χ0) is 29.5. The highest BCUT2D eigenvalue weighted by Gasteiger charge is 2.64. The van der Waals surface area contributed by atoms with Gasteiger partial charge in [-0.25, -0.2) is 0 Å². The van der Waals surface area contributed by atoms with Gasteiger partial charge < -0.3 is 31.5 Å². The van der Waals surface area contributed by atoms with Crippen LogP contribution < -0.4 is 11.1 Å². The Morgan fingerprint density at radius 1 is 1.15 bits per heavy atom. The maximum Gasteiger partial charge on any atom is 0.255 e. The van der Waals surface area contributed by atoms with Crippen molar-refractivity contribution in [1.82, 2.24) is 9.80 Å². The molecule has 3 fully saturated rings. The monoisotopic (exact) mass is 566 g/mol. The number of hydrogen-bond donors (Lipinski definition) is 6. The lowest BCUT2D eigenvalue weighted by molar-refractivity contribution is -0.153. The van der Waals surface area contributed by atoms with Crippen LogP contribution in [0, 0.1) is 17.8 Å². The zero-order valence-corrected chi connectivity index (χ0v) is 22.9. The molecule has 6 atom stereocenters. The van der Waals surface area contributed by atoms with Gasteiger partial charge in [0.15, 0.2) is 11.4 Å². The number of hydrogen-bond acceptors (Lipinski definition) is 10. The van der Waals surface area contributed by atoms with Crippen molar-refractivity contribution < 1.29 is 39.6 Å². The Bertz CT molecular complexity index is 1460. The molecule has 4 unspecified atom stereocenters. The number of anilines is 1. The number of aromatic hydroxyl groups is 1. The van der Waals surface area contributed by atoms with Crippen molar-refractivity contribution in [3.63, 3.8) is 0 Å². The lowest BCUT2D eigenvalue weighted by Crippen LogP contribution is -2.65. The van der Waals surface area contributed by atoms with Gasteiger partial charge in [0.25, 0.3) is 5.91 Å². The Balaban J connectivity index is 1.36. The first-order valence-corrected chi connectivity index (χ1v) is 13.9. The fourth-order valence-electron chi connectivity index (χ4n) is 7.91. The van der Waals surface area contributed by atoms with E-state index in [0.717, 1.165) is 19.4 Å². The molecule has 1 aromatic rings. The van der Waals surface area contributed by atoms with E-state index >= 15 is 0 Å². The van der Waals surface area contributed by atoms with Crippen LogP contribution in [0.5, 0.6) is 5.75 Å². The molecule has 1 aromatic carbocycles. The van der Waals surface area contributed by atoms with E-state index in [1.54, 1.807) is 26.2 Å². The highest BCUT2D eigenvalue weighted by molar-refractivity contribution is 6.24. The predicted octanol–water partition coefficient (Wildman–Crippen LogP) is 0.387. The summed E-state index contributed by atoms with van der Waals surface area (Å²) in [5.74, 6) is -6.77. The number of likely N-dealkylation sites (tertiary alicyclic amines) is 1. The first kappa shape index (κ1) is 27.4. The average molecular weight is 567 g/mol. The highest BCUT2D eigenvalue weighted by Crippen LogP contribution is 2.53. The number of fused-ring (bicyclic) bond motifs is 5. The van der Waals surface area contributed by atoms with Crippen LogP contribution in [0.3, 0.4) is 0 Å². The quantitative estimate of drug-likeness (QED) is 0.214. The molecule has 4 aliphatic carbocycles. The lowest BCUT2D eigenvalue weighted by Gasteiger charge is -2.50. The molecule has 1 heterocycles. The van der Waals surface area contributed by atoms with Gasteiger partial charge in [-0.3, -0.25) is 29.0 Å². The number of phenolic OH excluding ortho intramolecular Hbond substituents is 1. The van der Waals surface area contributed by atoms with Crippen LogP contribution in [0.2, 0.25) is 0 Å². The summed E-state index contributed by atoms with van der Waals surface area (Å²) < 4.78 is 0. The Labute approximate surface area is 236 Å². The first-order chi connectivity index (χ1) is 19.3. The second-order valence-electron chi connectivity index (χ2n) is 12.3. The maximum atomic E-state index is 13.9. The van der Waals surface area contributed by atoms with Crippen molar-refractivity contribution >= 4 is 34.8 Å². The zero-order valence-electron chi connectivity index (χ0n) is 22.9. The molecule has 6 rings (SSSR count). The SMILES string of the molecule is CN(C)[C@H]1C(=O)C(C(N)=O)=C(O)[C@]2(O)C(=O)C3=C(O)c4c(ccc(NC(=O)CN5CC6CCC5C6)c4O)CC3CC12. The van der Waals surface area contributed by atoms with Crippen molar-refractivity contribution in [1.29, 1.82) is 0 Å². The molecule has 12 heteroatoms. The van der Waals surface area contributed by atoms with E-state index in [2.05, 4.69) is 10.2 Å². The molecule has 12 nitrogen and oxygen atoms in total. The van der Waals surface area contributed by atoms with Gasteiger partial charge >= 0.3 is 0 Å². The van der Waals surface area contributed by atoms with E-state index in [0.29, 0.717) is 17.5 Å². The van der Waals surface area contributed by atoms with Crippen molar-refractivity contribution in [3.05, 3.63) is 40.2 Å². The van der Waals surface area contributed by atoms with Gasteiger partial charge in [-0.05, 0) is 69.7 Å². The summed E-state index contributed by atoms with van der Waals surface area (Å²) in [6.45, 7) is 1.05. The number of aliphatic hydroxyl groups excluding tert-OH is 2. The molecule has 2 saturated carbocycles. The van der Waals surface area contributed by atoms with Crippen LogP contribution in [-0.4, -0.2) is 98.5 Å². The fourth-order valence-corrected chi connectivity index (χ4v) is 7.91. The second kappa shape index (κ2) is 9.40. The number of carbonyl (C=O) groups is 4.